The summed E-state index contributed by atoms with van der Waals surface area (Å²) in [5.41, 5.74) is 13.2. The molecule has 102 valence electrons. The van der Waals surface area contributed by atoms with Crippen molar-refractivity contribution in [3.63, 3.8) is 0 Å². The largest absolute Gasteiger partial charge is 0.326 e. The van der Waals surface area contributed by atoms with Gasteiger partial charge >= 0.3 is 0 Å². The number of nitrogens with two attached hydrogens (primary N) is 1. The summed E-state index contributed by atoms with van der Waals surface area (Å²) in [6.07, 6.45) is 0. The van der Waals surface area contributed by atoms with Gasteiger partial charge in [-0.05, 0) is 49.9 Å². The van der Waals surface area contributed by atoms with Gasteiger partial charge < -0.3 is 5.73 Å². The third-order valence-electron chi connectivity index (χ3n) is 3.96. The molecule has 0 fully saturated rings. The molecule has 1 aromatic heterocycles. The predicted molar refractivity (Wildman–Crippen MR) is 78.3 cm³/mol. The fraction of sp³-hybridized carbons (Fsp3) is 0.400. The Morgan fingerprint density at radius 3 is 2.16 bits per heavy atom. The van der Waals surface area contributed by atoms with Crippen LogP contribution in [-0.2, 0) is 13.6 Å². The number of hydrogen-bond acceptors (Lipinski definition) is 2. The van der Waals surface area contributed by atoms with Crippen LogP contribution in [0, 0.1) is 27.7 Å². The topological polar surface area (TPSA) is 63.8 Å². The Hall–Kier alpha value is -1.81. The van der Waals surface area contributed by atoms with E-state index in [1.54, 1.807) is 7.05 Å². The third-order valence-corrected chi connectivity index (χ3v) is 3.96. The standard InChI is InChI=1S/C15H21N3O/c1-8-6-9(2)11(4)13(10(8)3)14-12(7-16)15(19)18(5)17-14/h6,17H,7,16H2,1-5H3. The summed E-state index contributed by atoms with van der Waals surface area (Å²) in [5, 5.41) is 3.14. The SMILES string of the molecule is Cc1cc(C)c(C)c(-c2[nH]n(C)c(=O)c2CN)c1C. The first-order valence-corrected chi connectivity index (χ1v) is 6.44. The molecule has 1 aromatic carbocycles. The first-order chi connectivity index (χ1) is 8.88. The monoisotopic (exact) mass is 259 g/mol. The smallest absolute Gasteiger partial charge is 0.271 e. The van der Waals surface area contributed by atoms with E-state index >= 15 is 0 Å². The molecular formula is C15H21N3O. The van der Waals surface area contributed by atoms with Gasteiger partial charge in [-0.15, -0.1) is 0 Å². The molecule has 0 spiro atoms. The minimum Gasteiger partial charge on any atom is -0.326 e. The van der Waals surface area contributed by atoms with Crippen LogP contribution < -0.4 is 11.3 Å². The normalized spacial score (nSPS) is 11.1. The molecule has 4 nitrogen and oxygen atoms in total. The molecule has 2 aromatic rings. The van der Waals surface area contributed by atoms with E-state index in [9.17, 15) is 4.79 Å². The lowest BCUT2D eigenvalue weighted by Gasteiger charge is -2.15. The molecule has 0 amide bonds. The van der Waals surface area contributed by atoms with Gasteiger partial charge in [0.15, 0.2) is 0 Å². The fourth-order valence-corrected chi connectivity index (χ4v) is 2.58. The number of H-pyrrole nitrogens is 1. The maximum atomic E-state index is 12.0. The lowest BCUT2D eigenvalue weighted by Crippen LogP contribution is -2.17. The molecule has 0 saturated heterocycles. The Bertz CT molecular complexity index is 666. The van der Waals surface area contributed by atoms with Crippen molar-refractivity contribution in [3.8, 4) is 11.3 Å². The summed E-state index contributed by atoms with van der Waals surface area (Å²) in [6.45, 7) is 8.60. The molecule has 4 heteroatoms. The minimum absolute atomic E-state index is 0.0459. The van der Waals surface area contributed by atoms with E-state index in [0.29, 0.717) is 5.56 Å². The van der Waals surface area contributed by atoms with Crippen LogP contribution in [0.3, 0.4) is 0 Å². The van der Waals surface area contributed by atoms with Gasteiger partial charge in [0.1, 0.15) is 0 Å². The molecule has 0 aliphatic heterocycles. The Morgan fingerprint density at radius 1 is 1.16 bits per heavy atom. The average molecular weight is 259 g/mol. The van der Waals surface area contributed by atoms with Gasteiger partial charge in [-0.3, -0.25) is 14.6 Å². The second-order valence-corrected chi connectivity index (χ2v) is 5.17. The van der Waals surface area contributed by atoms with E-state index < -0.39 is 0 Å². The van der Waals surface area contributed by atoms with Gasteiger partial charge in [0.2, 0.25) is 0 Å². The predicted octanol–water partition coefficient (Wildman–Crippen LogP) is 2.07. The number of aryl methyl sites for hydroxylation is 3. The number of nitrogens with one attached hydrogen (secondary N) is 1. The van der Waals surface area contributed by atoms with E-state index in [4.69, 9.17) is 5.73 Å². The highest BCUT2D eigenvalue weighted by Crippen LogP contribution is 2.31. The quantitative estimate of drug-likeness (QED) is 0.867. The highest BCUT2D eigenvalue weighted by atomic mass is 16.1. The molecule has 3 N–H and O–H groups in total. The van der Waals surface area contributed by atoms with Crippen LogP contribution in [0.1, 0.15) is 27.8 Å². The zero-order valence-electron chi connectivity index (χ0n) is 12.2. The van der Waals surface area contributed by atoms with E-state index in [-0.39, 0.29) is 12.1 Å². The van der Waals surface area contributed by atoms with Crippen LogP contribution in [-0.4, -0.2) is 9.78 Å². The van der Waals surface area contributed by atoms with Gasteiger partial charge in [-0.1, -0.05) is 6.07 Å². The molecule has 2 rings (SSSR count). The van der Waals surface area contributed by atoms with E-state index in [2.05, 4.69) is 38.9 Å². The first-order valence-electron chi connectivity index (χ1n) is 6.44. The van der Waals surface area contributed by atoms with Crippen molar-refractivity contribution in [1.82, 2.24) is 9.78 Å². The van der Waals surface area contributed by atoms with E-state index in [0.717, 1.165) is 11.3 Å². The molecule has 0 saturated carbocycles. The highest BCUT2D eigenvalue weighted by molar-refractivity contribution is 5.72. The molecule has 0 atom stereocenters. The number of hydrogen-bond donors (Lipinski definition) is 2. The lowest BCUT2D eigenvalue weighted by molar-refractivity contribution is 0.739. The minimum atomic E-state index is -0.0459. The molecule has 0 bridgehead atoms. The molecule has 19 heavy (non-hydrogen) atoms. The third kappa shape index (κ3) is 2.02. The Balaban J connectivity index is 2.87. The number of nitrogens with zero attached hydrogens (tertiary/aromatic N) is 1. The molecule has 0 aliphatic rings. The van der Waals surface area contributed by atoms with Crippen molar-refractivity contribution in [2.45, 2.75) is 34.2 Å². The molecular weight excluding hydrogens is 238 g/mol. The van der Waals surface area contributed by atoms with Crippen molar-refractivity contribution < 1.29 is 0 Å². The number of benzene rings is 1. The van der Waals surface area contributed by atoms with E-state index in [1.807, 2.05) is 0 Å². The zero-order chi connectivity index (χ0) is 14.3. The van der Waals surface area contributed by atoms with E-state index in [1.165, 1.54) is 26.9 Å². The zero-order valence-corrected chi connectivity index (χ0v) is 12.2. The van der Waals surface area contributed by atoms with Crippen LogP contribution in [0.5, 0.6) is 0 Å². The number of aromatic amines is 1. The van der Waals surface area contributed by atoms with Gasteiger partial charge in [0, 0.05) is 19.2 Å². The molecule has 0 radical (unpaired) electrons. The van der Waals surface area contributed by atoms with Crippen LogP contribution in [0.4, 0.5) is 0 Å². The van der Waals surface area contributed by atoms with Crippen molar-refractivity contribution in [2.75, 3.05) is 0 Å². The summed E-state index contributed by atoms with van der Waals surface area (Å²) < 4.78 is 1.49. The van der Waals surface area contributed by atoms with Crippen LogP contribution >= 0.6 is 0 Å². The van der Waals surface area contributed by atoms with Gasteiger partial charge in [-0.2, -0.15) is 0 Å². The second kappa shape index (κ2) is 4.70. The van der Waals surface area contributed by atoms with Crippen molar-refractivity contribution in [3.05, 3.63) is 44.2 Å². The average Bonchev–Trinajstić information content (AvgIpc) is 2.63. The number of rotatable bonds is 2. The van der Waals surface area contributed by atoms with Crippen molar-refractivity contribution in [2.24, 2.45) is 12.8 Å². The van der Waals surface area contributed by atoms with Gasteiger partial charge in [-0.25, -0.2) is 0 Å². The van der Waals surface area contributed by atoms with Gasteiger partial charge in [0.05, 0.1) is 11.3 Å². The summed E-state index contributed by atoms with van der Waals surface area (Å²) in [6, 6.07) is 2.18. The summed E-state index contributed by atoms with van der Waals surface area (Å²) in [4.78, 5) is 12.0. The maximum absolute atomic E-state index is 12.0. The van der Waals surface area contributed by atoms with Crippen molar-refractivity contribution in [1.29, 1.82) is 0 Å². The summed E-state index contributed by atoms with van der Waals surface area (Å²) >= 11 is 0. The molecule has 1 heterocycles. The van der Waals surface area contributed by atoms with Crippen LogP contribution in [0.2, 0.25) is 0 Å². The summed E-state index contributed by atoms with van der Waals surface area (Å²) in [5.74, 6) is 0. The molecule has 0 unspecified atom stereocenters. The Kier molecular flexibility index (Phi) is 3.37. The Labute approximate surface area is 113 Å². The summed E-state index contributed by atoms with van der Waals surface area (Å²) in [7, 11) is 1.72. The first kappa shape index (κ1) is 13.6. The second-order valence-electron chi connectivity index (χ2n) is 5.17. The lowest BCUT2D eigenvalue weighted by atomic mass is 9.91. The van der Waals surface area contributed by atoms with Crippen LogP contribution in [0.25, 0.3) is 11.3 Å². The molecule has 0 aliphatic carbocycles. The Morgan fingerprint density at radius 2 is 1.68 bits per heavy atom. The van der Waals surface area contributed by atoms with Crippen molar-refractivity contribution >= 4 is 0 Å². The maximum Gasteiger partial charge on any atom is 0.271 e. The fourth-order valence-electron chi connectivity index (χ4n) is 2.58. The highest BCUT2D eigenvalue weighted by Gasteiger charge is 2.18. The van der Waals surface area contributed by atoms with Crippen LogP contribution in [0.15, 0.2) is 10.9 Å². The van der Waals surface area contributed by atoms with Gasteiger partial charge in [0.25, 0.3) is 5.56 Å². The number of aromatic nitrogens is 2.